The second-order valence-corrected chi connectivity index (χ2v) is 9.52. The first kappa shape index (κ1) is 25.1. The van der Waals surface area contributed by atoms with Crippen molar-refractivity contribution in [2.45, 2.75) is 25.4 Å². The van der Waals surface area contributed by atoms with Gasteiger partial charge < -0.3 is 11.1 Å². The molecule has 8 nitrogen and oxygen atoms in total. The Morgan fingerprint density at radius 2 is 1.76 bits per heavy atom. The summed E-state index contributed by atoms with van der Waals surface area (Å²) in [6.45, 7) is 6.22. The lowest BCUT2D eigenvalue weighted by molar-refractivity contribution is -0.117. The molecule has 5 rings (SSSR count). The van der Waals surface area contributed by atoms with Gasteiger partial charge in [-0.2, -0.15) is 0 Å². The summed E-state index contributed by atoms with van der Waals surface area (Å²) in [6, 6.07) is 21.5. The van der Waals surface area contributed by atoms with Gasteiger partial charge in [-0.15, -0.1) is 0 Å². The fourth-order valence-corrected chi connectivity index (χ4v) is 4.96. The number of nitrogens with one attached hydrogen (secondary N) is 2. The lowest BCUT2D eigenvalue weighted by Gasteiger charge is -2.32. The molecule has 192 valence electrons. The van der Waals surface area contributed by atoms with Crippen molar-refractivity contribution in [2.75, 3.05) is 13.1 Å². The molecule has 1 aliphatic rings. The number of carbonyl (C=O) groups is 2. The van der Waals surface area contributed by atoms with Crippen LogP contribution < -0.4 is 16.5 Å². The molecule has 4 aromatic rings. The molecular formula is C30H30N6O2. The number of rotatable bonds is 6. The van der Waals surface area contributed by atoms with Crippen LogP contribution in [-0.4, -0.2) is 45.5 Å². The van der Waals surface area contributed by atoms with E-state index in [1.807, 2.05) is 36.4 Å². The Bertz CT molecular complexity index is 1550. The van der Waals surface area contributed by atoms with Crippen molar-refractivity contribution in [2.24, 2.45) is 5.73 Å². The van der Waals surface area contributed by atoms with E-state index in [0.29, 0.717) is 10.9 Å². The van der Waals surface area contributed by atoms with E-state index >= 15 is 0 Å². The molecule has 0 atom stereocenters. The van der Waals surface area contributed by atoms with E-state index in [1.54, 1.807) is 6.07 Å². The summed E-state index contributed by atoms with van der Waals surface area (Å²) in [5, 5.41) is 12.1. The van der Waals surface area contributed by atoms with Crippen LogP contribution in [0.4, 0.5) is 4.79 Å². The summed E-state index contributed by atoms with van der Waals surface area (Å²) in [5.74, 6) is -0.109. The third-order valence-corrected chi connectivity index (χ3v) is 7.00. The first-order chi connectivity index (χ1) is 18.4. The van der Waals surface area contributed by atoms with Crippen LogP contribution in [0.2, 0.25) is 0 Å². The summed E-state index contributed by atoms with van der Waals surface area (Å²) >= 11 is 0. The summed E-state index contributed by atoms with van der Waals surface area (Å²) in [5.41, 5.74) is 10.9. The van der Waals surface area contributed by atoms with Crippen LogP contribution in [0.1, 0.15) is 18.4 Å². The maximum atomic E-state index is 11.8. The highest BCUT2D eigenvalue weighted by atomic mass is 16.2. The normalized spacial score (nSPS) is 14.3. The molecule has 0 unspecified atom stereocenters. The number of aromatic nitrogens is 2. The van der Waals surface area contributed by atoms with Crippen LogP contribution in [-0.2, 0) is 11.3 Å². The third kappa shape index (κ3) is 5.26. The van der Waals surface area contributed by atoms with Crippen LogP contribution in [0.5, 0.6) is 0 Å². The van der Waals surface area contributed by atoms with Crippen LogP contribution in [0.25, 0.3) is 33.3 Å². The molecule has 0 saturated carbocycles. The predicted molar refractivity (Wildman–Crippen MR) is 148 cm³/mol. The van der Waals surface area contributed by atoms with E-state index in [2.05, 4.69) is 41.1 Å². The molecule has 1 aliphatic heterocycles. The van der Waals surface area contributed by atoms with Gasteiger partial charge in [-0.1, -0.05) is 61.2 Å². The SMILES string of the molecule is C=CC(=O)NC1CCN(Cc2ccc(-c3nc4ccn(C(N)=O)c(=N)c4cc3-c3ccccc3)cc2)CC1. The Morgan fingerprint density at radius 1 is 1.05 bits per heavy atom. The van der Waals surface area contributed by atoms with E-state index in [0.717, 1.165) is 59.4 Å². The Labute approximate surface area is 220 Å². The molecule has 8 heteroatoms. The van der Waals surface area contributed by atoms with Crippen molar-refractivity contribution in [1.82, 2.24) is 19.8 Å². The van der Waals surface area contributed by atoms with E-state index in [9.17, 15) is 9.59 Å². The largest absolute Gasteiger partial charge is 0.351 e. The molecule has 2 aromatic heterocycles. The number of hydrogen-bond donors (Lipinski definition) is 3. The van der Waals surface area contributed by atoms with Crippen LogP contribution >= 0.6 is 0 Å². The number of fused-ring (bicyclic) bond motifs is 1. The van der Waals surface area contributed by atoms with Crippen molar-refractivity contribution in [3.05, 3.63) is 96.6 Å². The number of benzene rings is 2. The van der Waals surface area contributed by atoms with Gasteiger partial charge >= 0.3 is 6.03 Å². The van der Waals surface area contributed by atoms with Crippen LogP contribution in [0, 0.1) is 5.41 Å². The molecule has 4 N–H and O–H groups in total. The zero-order valence-corrected chi connectivity index (χ0v) is 21.1. The van der Waals surface area contributed by atoms with Crippen molar-refractivity contribution in [3.63, 3.8) is 0 Å². The predicted octanol–water partition coefficient (Wildman–Crippen LogP) is 4.04. The number of likely N-dealkylation sites (tertiary alicyclic amines) is 1. The number of hydrogen-bond acceptors (Lipinski definition) is 5. The number of piperidine rings is 1. The lowest BCUT2D eigenvalue weighted by atomic mass is 9.97. The van der Waals surface area contributed by atoms with Crippen molar-refractivity contribution in [1.29, 1.82) is 5.41 Å². The zero-order chi connectivity index (χ0) is 26.6. The van der Waals surface area contributed by atoms with E-state index in [-0.39, 0.29) is 17.4 Å². The minimum Gasteiger partial charge on any atom is -0.351 e. The third-order valence-electron chi connectivity index (χ3n) is 7.00. The number of nitrogens with zero attached hydrogens (tertiary/aromatic N) is 3. The molecule has 1 saturated heterocycles. The van der Waals surface area contributed by atoms with E-state index in [4.69, 9.17) is 16.1 Å². The Morgan fingerprint density at radius 3 is 2.42 bits per heavy atom. The zero-order valence-electron chi connectivity index (χ0n) is 21.1. The minimum absolute atomic E-state index is 0.00871. The number of pyridine rings is 2. The molecule has 38 heavy (non-hydrogen) atoms. The maximum Gasteiger partial charge on any atom is 0.324 e. The second kappa shape index (κ2) is 10.8. The molecule has 1 fully saturated rings. The van der Waals surface area contributed by atoms with Gasteiger partial charge in [0, 0.05) is 48.4 Å². The van der Waals surface area contributed by atoms with Crippen molar-refractivity contribution < 1.29 is 9.59 Å². The van der Waals surface area contributed by atoms with Crippen LogP contribution in [0.15, 0.2) is 85.6 Å². The van der Waals surface area contributed by atoms with Crippen molar-refractivity contribution >= 4 is 22.8 Å². The average molecular weight is 507 g/mol. The average Bonchev–Trinajstić information content (AvgIpc) is 2.94. The Hall–Kier alpha value is -4.56. The maximum absolute atomic E-state index is 11.8. The van der Waals surface area contributed by atoms with Crippen LogP contribution in [0.3, 0.4) is 0 Å². The summed E-state index contributed by atoms with van der Waals surface area (Å²) in [6.07, 6.45) is 4.66. The molecule has 0 radical (unpaired) electrons. The minimum atomic E-state index is -0.705. The monoisotopic (exact) mass is 506 g/mol. The molecule has 2 amide bonds. The number of primary amides is 1. The summed E-state index contributed by atoms with van der Waals surface area (Å²) < 4.78 is 1.11. The highest BCUT2D eigenvalue weighted by Crippen LogP contribution is 2.33. The fraction of sp³-hybridized carbons (Fsp3) is 0.200. The highest BCUT2D eigenvalue weighted by Gasteiger charge is 2.20. The van der Waals surface area contributed by atoms with Crippen molar-refractivity contribution in [3.8, 4) is 22.4 Å². The molecule has 0 aliphatic carbocycles. The highest BCUT2D eigenvalue weighted by molar-refractivity contribution is 5.92. The fourth-order valence-electron chi connectivity index (χ4n) is 4.96. The molecule has 0 spiro atoms. The van der Waals surface area contributed by atoms with Gasteiger partial charge in [0.1, 0.15) is 5.49 Å². The topological polar surface area (TPSA) is 117 Å². The lowest BCUT2D eigenvalue weighted by Crippen LogP contribution is -2.43. The van der Waals surface area contributed by atoms with Gasteiger partial charge in [-0.05, 0) is 42.2 Å². The summed E-state index contributed by atoms with van der Waals surface area (Å²) in [7, 11) is 0. The molecule has 0 bridgehead atoms. The van der Waals surface area contributed by atoms with E-state index in [1.165, 1.54) is 17.8 Å². The first-order valence-corrected chi connectivity index (χ1v) is 12.6. The molecular weight excluding hydrogens is 476 g/mol. The second-order valence-electron chi connectivity index (χ2n) is 9.52. The van der Waals surface area contributed by atoms with Gasteiger partial charge in [0.15, 0.2) is 0 Å². The van der Waals surface area contributed by atoms with E-state index < -0.39 is 6.03 Å². The van der Waals surface area contributed by atoms with Gasteiger partial charge in [0.2, 0.25) is 5.91 Å². The number of nitrogens with two attached hydrogens (primary N) is 1. The smallest absolute Gasteiger partial charge is 0.324 e. The number of amides is 2. The van der Waals surface area contributed by atoms with Gasteiger partial charge in [0.25, 0.3) is 0 Å². The Kier molecular flexibility index (Phi) is 7.15. The summed E-state index contributed by atoms with van der Waals surface area (Å²) in [4.78, 5) is 30.7. The van der Waals surface area contributed by atoms with Gasteiger partial charge in [-0.25, -0.2) is 9.78 Å². The molecule has 3 heterocycles. The van der Waals surface area contributed by atoms with Gasteiger partial charge in [-0.3, -0.25) is 19.7 Å². The molecule has 2 aromatic carbocycles. The standard InChI is InChI=1S/C30H30N6O2/c1-2-27(37)33-23-12-15-35(16-13-23)19-20-8-10-22(11-9-20)28-24(21-6-4-3-5-7-21)18-25-26(34-28)14-17-36(29(25)31)30(32)38/h2-11,14,17-18,23,31H,1,12-13,15-16,19H2,(H2,32,38)(H,33,37). The Balaban J connectivity index is 1.42. The quantitative estimate of drug-likeness (QED) is 0.342. The first-order valence-electron chi connectivity index (χ1n) is 12.6. The number of carbonyl (C=O) groups excluding carboxylic acids is 2. The van der Waals surface area contributed by atoms with Gasteiger partial charge in [0.05, 0.1) is 11.2 Å².